The number of hydrogen-bond donors (Lipinski definition) is 2. The molecule has 118 valence electrons. The highest BCUT2D eigenvalue weighted by Gasteiger charge is 2.26. The van der Waals surface area contributed by atoms with E-state index in [9.17, 15) is 9.90 Å². The van der Waals surface area contributed by atoms with Crippen molar-refractivity contribution < 1.29 is 19.4 Å². The second-order valence-electron chi connectivity index (χ2n) is 6.56. The van der Waals surface area contributed by atoms with Crippen molar-refractivity contribution in [2.45, 2.75) is 64.0 Å². The molecule has 1 aliphatic rings. The van der Waals surface area contributed by atoms with Crippen molar-refractivity contribution in [3.05, 3.63) is 0 Å². The van der Waals surface area contributed by atoms with Crippen LogP contribution < -0.4 is 5.32 Å². The van der Waals surface area contributed by atoms with Gasteiger partial charge in [-0.15, -0.1) is 0 Å². The van der Waals surface area contributed by atoms with Gasteiger partial charge in [-0.2, -0.15) is 0 Å². The highest BCUT2D eigenvalue weighted by molar-refractivity contribution is 5.68. The van der Waals surface area contributed by atoms with E-state index in [1.165, 1.54) is 0 Å². The predicted octanol–water partition coefficient (Wildman–Crippen LogP) is 1.33. The lowest BCUT2D eigenvalue weighted by Crippen LogP contribution is -2.45. The highest BCUT2D eigenvalue weighted by atomic mass is 16.6. The van der Waals surface area contributed by atoms with E-state index < -0.39 is 17.9 Å². The summed E-state index contributed by atoms with van der Waals surface area (Å²) in [7, 11) is 3.67. The summed E-state index contributed by atoms with van der Waals surface area (Å²) in [6.45, 7) is 5.97. The van der Waals surface area contributed by atoms with Gasteiger partial charge in [-0.05, 0) is 47.7 Å². The summed E-state index contributed by atoms with van der Waals surface area (Å²) in [5, 5.41) is 12.6. The number of hydrogen-bond acceptors (Lipinski definition) is 5. The lowest BCUT2D eigenvalue weighted by atomic mass is 10.0. The van der Waals surface area contributed by atoms with Crippen molar-refractivity contribution in [2.75, 3.05) is 20.7 Å². The highest BCUT2D eigenvalue weighted by Crippen LogP contribution is 2.19. The fraction of sp³-hybridized carbons (Fsp3) is 0.929. The van der Waals surface area contributed by atoms with Gasteiger partial charge in [0.2, 0.25) is 0 Å². The van der Waals surface area contributed by atoms with Crippen LogP contribution in [0.5, 0.6) is 0 Å². The van der Waals surface area contributed by atoms with Gasteiger partial charge in [0, 0.05) is 6.42 Å². The summed E-state index contributed by atoms with van der Waals surface area (Å²) in [5.41, 5.74) is -0.488. The maximum absolute atomic E-state index is 11.6. The molecule has 0 saturated carbocycles. The Morgan fingerprint density at radius 2 is 2.10 bits per heavy atom. The van der Waals surface area contributed by atoms with Crippen LogP contribution in [0.1, 0.15) is 40.0 Å². The number of aliphatic hydroxyl groups excluding tert-OH is 1. The minimum Gasteiger partial charge on any atom is -0.444 e. The summed E-state index contributed by atoms with van der Waals surface area (Å²) in [6.07, 6.45) is 1.40. The molecule has 1 aliphatic heterocycles. The molecule has 1 amide bonds. The molecule has 0 spiro atoms. The summed E-state index contributed by atoms with van der Waals surface area (Å²) in [5.74, 6) is 0. The molecule has 1 fully saturated rings. The smallest absolute Gasteiger partial charge is 0.407 e. The zero-order chi connectivity index (χ0) is 15.3. The molecule has 0 aromatic rings. The van der Waals surface area contributed by atoms with E-state index in [0.29, 0.717) is 13.0 Å². The van der Waals surface area contributed by atoms with E-state index >= 15 is 0 Å². The number of alkyl carbamates (subject to hydrolysis) is 1. The van der Waals surface area contributed by atoms with Gasteiger partial charge in [0.05, 0.1) is 18.8 Å². The number of rotatable bonds is 4. The van der Waals surface area contributed by atoms with Crippen LogP contribution in [0.3, 0.4) is 0 Å². The van der Waals surface area contributed by atoms with Gasteiger partial charge in [-0.3, -0.25) is 4.90 Å². The van der Waals surface area contributed by atoms with Gasteiger partial charge in [-0.1, -0.05) is 0 Å². The van der Waals surface area contributed by atoms with Crippen LogP contribution in [0.4, 0.5) is 4.79 Å². The summed E-state index contributed by atoms with van der Waals surface area (Å²) in [6, 6.07) is -0.0161. The molecule has 6 nitrogen and oxygen atoms in total. The van der Waals surface area contributed by atoms with E-state index in [1.807, 2.05) is 34.9 Å². The number of nitrogens with one attached hydrogen (secondary N) is 1. The lowest BCUT2D eigenvalue weighted by molar-refractivity contribution is -0.0591. The Morgan fingerprint density at radius 1 is 1.45 bits per heavy atom. The topological polar surface area (TPSA) is 71.0 Å². The molecule has 1 unspecified atom stereocenters. The van der Waals surface area contributed by atoms with Crippen LogP contribution in [0.2, 0.25) is 0 Å². The van der Waals surface area contributed by atoms with Gasteiger partial charge in [-0.25, -0.2) is 4.79 Å². The molecule has 20 heavy (non-hydrogen) atoms. The van der Waals surface area contributed by atoms with Gasteiger partial charge in [0.1, 0.15) is 11.8 Å². The number of carbonyl (C=O) groups is 1. The summed E-state index contributed by atoms with van der Waals surface area (Å²) < 4.78 is 10.9. The molecule has 0 aliphatic carbocycles. The molecule has 3 atom stereocenters. The lowest BCUT2D eigenvalue weighted by Gasteiger charge is -2.32. The maximum Gasteiger partial charge on any atom is 0.407 e. The Hall–Kier alpha value is -0.850. The van der Waals surface area contributed by atoms with E-state index in [-0.39, 0.29) is 12.1 Å². The zero-order valence-corrected chi connectivity index (χ0v) is 13.2. The molecule has 1 saturated heterocycles. The second kappa shape index (κ2) is 7.24. The maximum atomic E-state index is 11.6. The van der Waals surface area contributed by atoms with Gasteiger partial charge < -0.3 is 19.9 Å². The molecular formula is C14H28N2O4. The van der Waals surface area contributed by atoms with Crippen molar-refractivity contribution in [3.8, 4) is 0 Å². The third-order valence-corrected chi connectivity index (χ3v) is 3.16. The molecule has 0 aromatic carbocycles. The largest absolute Gasteiger partial charge is 0.444 e. The Bertz CT molecular complexity index is 307. The second-order valence-corrected chi connectivity index (χ2v) is 6.56. The van der Waals surface area contributed by atoms with Crippen molar-refractivity contribution in [1.29, 1.82) is 0 Å². The van der Waals surface area contributed by atoms with Crippen LogP contribution in [0, 0.1) is 0 Å². The molecule has 0 bridgehead atoms. The van der Waals surface area contributed by atoms with Crippen LogP contribution >= 0.6 is 0 Å². The quantitative estimate of drug-likeness (QED) is 0.764. The average Bonchev–Trinajstić information content (AvgIpc) is 2.28. The molecule has 2 N–H and O–H groups in total. The van der Waals surface area contributed by atoms with Gasteiger partial charge in [0.25, 0.3) is 0 Å². The van der Waals surface area contributed by atoms with Crippen LogP contribution in [-0.2, 0) is 9.47 Å². The predicted molar refractivity (Wildman–Crippen MR) is 76.4 cm³/mol. The Morgan fingerprint density at radius 3 is 2.55 bits per heavy atom. The number of nitrogens with zero attached hydrogens (tertiary/aromatic N) is 1. The zero-order valence-electron chi connectivity index (χ0n) is 13.2. The molecule has 1 rings (SSSR count). The first-order chi connectivity index (χ1) is 9.17. The average molecular weight is 288 g/mol. The fourth-order valence-corrected chi connectivity index (χ4v) is 2.03. The fourth-order valence-electron chi connectivity index (χ4n) is 2.03. The molecule has 1 heterocycles. The number of aliphatic hydroxyl groups is 1. The Labute approximate surface area is 121 Å². The minimum atomic E-state index is -0.490. The monoisotopic (exact) mass is 288 g/mol. The van der Waals surface area contributed by atoms with Gasteiger partial charge >= 0.3 is 6.09 Å². The molecule has 6 heteroatoms. The van der Waals surface area contributed by atoms with Gasteiger partial charge in [0.15, 0.2) is 0 Å². The molecule has 0 radical (unpaired) electrons. The van der Waals surface area contributed by atoms with Crippen molar-refractivity contribution in [1.82, 2.24) is 10.2 Å². The SMILES string of the molecule is CN(C)C(O)C[C@@H]1CC[C@@H](NC(=O)OC(C)(C)C)CO1. The molecule has 0 aromatic heterocycles. The number of carbonyl (C=O) groups excluding carboxylic acids is 1. The van der Waals surface area contributed by atoms with Crippen LogP contribution in [0.25, 0.3) is 0 Å². The van der Waals surface area contributed by atoms with Crippen molar-refractivity contribution >= 4 is 6.09 Å². The Kier molecular flexibility index (Phi) is 6.23. The third-order valence-electron chi connectivity index (χ3n) is 3.16. The minimum absolute atomic E-state index is 0.0161. The van der Waals surface area contributed by atoms with Crippen LogP contribution in [0.15, 0.2) is 0 Å². The van der Waals surface area contributed by atoms with E-state index in [2.05, 4.69) is 5.32 Å². The normalized spacial score (nSPS) is 25.4. The third kappa shape index (κ3) is 6.54. The Balaban J connectivity index is 2.27. The van der Waals surface area contributed by atoms with Crippen LogP contribution in [-0.4, -0.2) is 60.8 Å². The number of amides is 1. The van der Waals surface area contributed by atoms with E-state index in [4.69, 9.17) is 9.47 Å². The summed E-state index contributed by atoms with van der Waals surface area (Å²) in [4.78, 5) is 13.4. The van der Waals surface area contributed by atoms with Crippen molar-refractivity contribution in [3.63, 3.8) is 0 Å². The molecular weight excluding hydrogens is 260 g/mol. The standard InChI is InChI=1S/C14H28N2O4/c1-14(2,3)20-13(18)15-10-6-7-11(19-9-10)8-12(17)16(4)5/h10-12,17H,6-9H2,1-5H3,(H,15,18)/t10-,11+,12?/m1/s1. The number of ether oxygens (including phenoxy) is 2. The van der Waals surface area contributed by atoms with Crippen molar-refractivity contribution in [2.24, 2.45) is 0 Å². The van der Waals surface area contributed by atoms with E-state index in [0.717, 1.165) is 12.8 Å². The summed E-state index contributed by atoms with van der Waals surface area (Å²) >= 11 is 0. The first-order valence-corrected chi connectivity index (χ1v) is 7.13. The first kappa shape index (κ1) is 17.2. The van der Waals surface area contributed by atoms with E-state index in [1.54, 1.807) is 4.90 Å². The first-order valence-electron chi connectivity index (χ1n) is 7.13.